The Kier molecular flexibility index (Phi) is 3.21. The Bertz CT molecular complexity index is 272. The number of aliphatic carboxylic acids is 1. The first-order valence-electron chi connectivity index (χ1n) is 5.15. The molecule has 0 aliphatic heterocycles. The maximum atomic E-state index is 11.4. The average molecular weight is 214 g/mol. The highest BCUT2D eigenvalue weighted by Crippen LogP contribution is 2.34. The van der Waals surface area contributed by atoms with E-state index in [0.29, 0.717) is 0 Å². The SMILES string of the molecule is CC(C)[C@H](NC(=O)NC1(C)CC1)C(=O)O. The van der Waals surface area contributed by atoms with Crippen LogP contribution in [-0.4, -0.2) is 28.7 Å². The third-order valence-corrected chi connectivity index (χ3v) is 2.63. The zero-order valence-electron chi connectivity index (χ0n) is 9.33. The minimum atomic E-state index is -0.999. The summed E-state index contributed by atoms with van der Waals surface area (Å²) in [7, 11) is 0. The van der Waals surface area contributed by atoms with Gasteiger partial charge in [-0.25, -0.2) is 9.59 Å². The Morgan fingerprint density at radius 2 is 1.87 bits per heavy atom. The Morgan fingerprint density at radius 1 is 1.33 bits per heavy atom. The van der Waals surface area contributed by atoms with Gasteiger partial charge in [0.25, 0.3) is 0 Å². The molecule has 1 atom stereocenters. The summed E-state index contributed by atoms with van der Waals surface area (Å²) in [6, 6.07) is -1.22. The van der Waals surface area contributed by atoms with Crippen molar-refractivity contribution in [2.75, 3.05) is 0 Å². The number of nitrogens with one attached hydrogen (secondary N) is 2. The number of carbonyl (C=O) groups is 2. The minimum absolute atomic E-state index is 0.121. The molecule has 0 saturated heterocycles. The third kappa shape index (κ3) is 3.42. The summed E-state index contributed by atoms with van der Waals surface area (Å²) in [5.41, 5.74) is -0.121. The van der Waals surface area contributed by atoms with Gasteiger partial charge < -0.3 is 15.7 Å². The van der Waals surface area contributed by atoms with Crippen molar-refractivity contribution in [3.05, 3.63) is 0 Å². The Hall–Kier alpha value is -1.26. The van der Waals surface area contributed by atoms with Crippen LogP contribution in [0.3, 0.4) is 0 Å². The lowest BCUT2D eigenvalue weighted by Gasteiger charge is -2.20. The second-order valence-electron chi connectivity index (χ2n) is 4.72. The van der Waals surface area contributed by atoms with Gasteiger partial charge in [0.15, 0.2) is 0 Å². The Balaban J connectivity index is 2.44. The fraction of sp³-hybridized carbons (Fsp3) is 0.800. The molecule has 1 aliphatic carbocycles. The highest BCUT2D eigenvalue weighted by Gasteiger charge is 2.39. The highest BCUT2D eigenvalue weighted by molar-refractivity contribution is 5.83. The molecule has 0 aromatic rings. The molecule has 86 valence electrons. The maximum Gasteiger partial charge on any atom is 0.326 e. The number of carboxylic acids is 1. The Morgan fingerprint density at radius 3 is 2.20 bits per heavy atom. The van der Waals surface area contributed by atoms with E-state index in [1.54, 1.807) is 13.8 Å². The lowest BCUT2D eigenvalue weighted by molar-refractivity contribution is -0.140. The maximum absolute atomic E-state index is 11.4. The van der Waals surface area contributed by atoms with Gasteiger partial charge in [0.2, 0.25) is 0 Å². The fourth-order valence-corrected chi connectivity index (χ4v) is 1.28. The topological polar surface area (TPSA) is 78.4 Å². The van der Waals surface area contributed by atoms with Crippen molar-refractivity contribution in [2.45, 2.75) is 45.2 Å². The molecule has 5 heteroatoms. The summed E-state index contributed by atoms with van der Waals surface area (Å²) in [5.74, 6) is -1.12. The molecule has 1 saturated carbocycles. The minimum Gasteiger partial charge on any atom is -0.480 e. The van der Waals surface area contributed by atoms with Crippen LogP contribution in [0.15, 0.2) is 0 Å². The molecule has 0 spiro atoms. The number of rotatable bonds is 4. The molecule has 3 N–H and O–H groups in total. The Labute approximate surface area is 89.2 Å². The van der Waals surface area contributed by atoms with E-state index in [9.17, 15) is 9.59 Å². The summed E-state index contributed by atoms with van der Waals surface area (Å²) < 4.78 is 0. The lowest BCUT2D eigenvalue weighted by atomic mass is 10.1. The van der Waals surface area contributed by atoms with Gasteiger partial charge in [-0.2, -0.15) is 0 Å². The summed E-state index contributed by atoms with van der Waals surface area (Å²) in [6.45, 7) is 5.47. The van der Waals surface area contributed by atoms with Crippen molar-refractivity contribution in [3.8, 4) is 0 Å². The van der Waals surface area contributed by atoms with Crippen molar-refractivity contribution in [3.63, 3.8) is 0 Å². The smallest absolute Gasteiger partial charge is 0.326 e. The molecule has 2 amide bonds. The van der Waals surface area contributed by atoms with Crippen LogP contribution in [-0.2, 0) is 4.79 Å². The van der Waals surface area contributed by atoms with Crippen molar-refractivity contribution < 1.29 is 14.7 Å². The van der Waals surface area contributed by atoms with Crippen LogP contribution >= 0.6 is 0 Å². The van der Waals surface area contributed by atoms with E-state index in [0.717, 1.165) is 12.8 Å². The van der Waals surface area contributed by atoms with E-state index in [1.807, 2.05) is 6.92 Å². The van der Waals surface area contributed by atoms with Crippen molar-refractivity contribution >= 4 is 12.0 Å². The number of amides is 2. The first-order valence-corrected chi connectivity index (χ1v) is 5.15. The predicted molar refractivity (Wildman–Crippen MR) is 55.6 cm³/mol. The van der Waals surface area contributed by atoms with Crippen LogP contribution in [0.4, 0.5) is 4.79 Å². The van der Waals surface area contributed by atoms with Crippen LogP contribution in [0.2, 0.25) is 0 Å². The molecule has 1 fully saturated rings. The van der Waals surface area contributed by atoms with Gasteiger partial charge in [-0.1, -0.05) is 13.8 Å². The van der Waals surface area contributed by atoms with Gasteiger partial charge in [0.1, 0.15) is 6.04 Å². The molecular weight excluding hydrogens is 196 g/mol. The number of hydrogen-bond acceptors (Lipinski definition) is 2. The zero-order chi connectivity index (χ0) is 11.6. The van der Waals surface area contributed by atoms with Crippen LogP contribution in [0.5, 0.6) is 0 Å². The molecule has 0 radical (unpaired) electrons. The average Bonchev–Trinajstić information content (AvgIpc) is 2.78. The second-order valence-corrected chi connectivity index (χ2v) is 4.72. The van der Waals surface area contributed by atoms with Gasteiger partial charge in [0, 0.05) is 5.54 Å². The first kappa shape index (κ1) is 11.8. The molecular formula is C10H18N2O3. The number of hydrogen-bond donors (Lipinski definition) is 3. The van der Waals surface area contributed by atoms with E-state index >= 15 is 0 Å². The number of urea groups is 1. The van der Waals surface area contributed by atoms with E-state index < -0.39 is 18.0 Å². The summed E-state index contributed by atoms with van der Waals surface area (Å²) in [6.07, 6.45) is 1.92. The van der Waals surface area contributed by atoms with Gasteiger partial charge in [-0.05, 0) is 25.7 Å². The number of carboxylic acid groups (broad SMARTS) is 1. The largest absolute Gasteiger partial charge is 0.480 e. The molecule has 1 aliphatic rings. The molecule has 0 heterocycles. The summed E-state index contributed by atoms with van der Waals surface area (Å²) in [4.78, 5) is 22.2. The lowest BCUT2D eigenvalue weighted by Crippen LogP contribution is -2.51. The van der Waals surface area contributed by atoms with Crippen molar-refractivity contribution in [1.82, 2.24) is 10.6 Å². The van der Waals surface area contributed by atoms with Gasteiger partial charge >= 0.3 is 12.0 Å². The second kappa shape index (κ2) is 4.08. The van der Waals surface area contributed by atoms with Gasteiger partial charge in [-0.15, -0.1) is 0 Å². The van der Waals surface area contributed by atoms with Crippen molar-refractivity contribution in [2.24, 2.45) is 5.92 Å². The molecule has 0 bridgehead atoms. The van der Waals surface area contributed by atoms with Crippen LogP contribution < -0.4 is 10.6 Å². The quantitative estimate of drug-likeness (QED) is 0.652. The molecule has 15 heavy (non-hydrogen) atoms. The van der Waals surface area contributed by atoms with E-state index in [4.69, 9.17) is 5.11 Å². The van der Waals surface area contributed by atoms with E-state index in [1.165, 1.54) is 0 Å². The monoisotopic (exact) mass is 214 g/mol. The summed E-state index contributed by atoms with van der Waals surface area (Å²) in [5, 5.41) is 14.1. The molecule has 5 nitrogen and oxygen atoms in total. The zero-order valence-corrected chi connectivity index (χ0v) is 9.33. The van der Waals surface area contributed by atoms with Gasteiger partial charge in [0.05, 0.1) is 0 Å². The van der Waals surface area contributed by atoms with Crippen LogP contribution in [0.1, 0.15) is 33.6 Å². The number of carbonyl (C=O) groups excluding carboxylic acids is 1. The third-order valence-electron chi connectivity index (χ3n) is 2.63. The van der Waals surface area contributed by atoms with E-state index in [-0.39, 0.29) is 11.5 Å². The molecule has 0 unspecified atom stereocenters. The molecule has 1 rings (SSSR count). The normalized spacial score (nSPS) is 19.5. The van der Waals surface area contributed by atoms with Crippen LogP contribution in [0.25, 0.3) is 0 Å². The van der Waals surface area contributed by atoms with Gasteiger partial charge in [-0.3, -0.25) is 0 Å². The molecule has 0 aromatic carbocycles. The standard InChI is InChI=1S/C10H18N2O3/c1-6(2)7(8(13)14)11-9(15)12-10(3)4-5-10/h6-7H,4-5H2,1-3H3,(H,13,14)(H2,11,12,15)/t7-/m0/s1. The fourth-order valence-electron chi connectivity index (χ4n) is 1.28. The predicted octanol–water partition coefficient (Wildman–Crippen LogP) is 0.947. The van der Waals surface area contributed by atoms with Crippen molar-refractivity contribution in [1.29, 1.82) is 0 Å². The van der Waals surface area contributed by atoms with E-state index in [2.05, 4.69) is 10.6 Å². The van der Waals surface area contributed by atoms with Crippen LogP contribution in [0, 0.1) is 5.92 Å². The molecule has 0 aromatic heterocycles. The summed E-state index contributed by atoms with van der Waals surface area (Å²) >= 11 is 0. The first-order chi connectivity index (χ1) is 6.84. The highest BCUT2D eigenvalue weighted by atomic mass is 16.4.